The fourth-order valence-electron chi connectivity index (χ4n) is 1.89. The molecule has 1 unspecified atom stereocenters. The van der Waals surface area contributed by atoms with Crippen LogP contribution in [0.25, 0.3) is 0 Å². The lowest BCUT2D eigenvalue weighted by Crippen LogP contribution is -2.02. The Morgan fingerprint density at radius 2 is 1.60 bits per heavy atom. The molecule has 0 amide bonds. The van der Waals surface area contributed by atoms with Crippen LogP contribution in [0.4, 0.5) is 0 Å². The Morgan fingerprint density at radius 3 is 2.15 bits per heavy atom. The number of aliphatic hydroxyl groups is 1. The van der Waals surface area contributed by atoms with Gasteiger partial charge in [-0.25, -0.2) is 4.98 Å². The third-order valence-electron chi connectivity index (χ3n) is 3.01. The van der Waals surface area contributed by atoms with Crippen molar-refractivity contribution in [3.05, 3.63) is 47.7 Å². The van der Waals surface area contributed by atoms with Gasteiger partial charge in [-0.15, -0.1) is 0 Å². The molecule has 106 valence electrons. The standard InChI is InChI=1S/C15H17NO4/c1-18-12-6-4-10(8-13(12)19-2)15(17)11-5-7-14(20-3)16-9-11/h4-9,15,17H,1-3H3. The highest BCUT2D eigenvalue weighted by Gasteiger charge is 2.14. The van der Waals surface area contributed by atoms with Gasteiger partial charge in [0.2, 0.25) is 5.88 Å². The number of aliphatic hydroxyl groups excluding tert-OH is 1. The largest absolute Gasteiger partial charge is 0.493 e. The van der Waals surface area contributed by atoms with Crippen molar-refractivity contribution in [1.29, 1.82) is 0 Å². The van der Waals surface area contributed by atoms with Crippen molar-refractivity contribution in [2.24, 2.45) is 0 Å². The second-order valence-corrected chi connectivity index (χ2v) is 4.15. The molecule has 1 aromatic carbocycles. The maximum absolute atomic E-state index is 10.4. The van der Waals surface area contributed by atoms with E-state index in [0.29, 0.717) is 28.5 Å². The Balaban J connectivity index is 2.29. The van der Waals surface area contributed by atoms with Gasteiger partial charge in [0.05, 0.1) is 21.3 Å². The molecule has 2 rings (SSSR count). The molecule has 0 bridgehead atoms. The molecule has 0 saturated carbocycles. The molecule has 1 atom stereocenters. The summed E-state index contributed by atoms with van der Waals surface area (Å²) in [5.41, 5.74) is 1.38. The first-order valence-electron chi connectivity index (χ1n) is 6.09. The van der Waals surface area contributed by atoms with Crippen LogP contribution < -0.4 is 14.2 Å². The number of aromatic nitrogens is 1. The van der Waals surface area contributed by atoms with Gasteiger partial charge in [0.1, 0.15) is 6.10 Å². The summed E-state index contributed by atoms with van der Waals surface area (Å²) in [5.74, 6) is 1.70. The molecule has 5 nitrogen and oxygen atoms in total. The van der Waals surface area contributed by atoms with Crippen molar-refractivity contribution in [2.75, 3.05) is 21.3 Å². The average molecular weight is 275 g/mol. The molecule has 20 heavy (non-hydrogen) atoms. The zero-order valence-corrected chi connectivity index (χ0v) is 11.7. The van der Waals surface area contributed by atoms with E-state index in [1.54, 1.807) is 57.9 Å². The van der Waals surface area contributed by atoms with E-state index < -0.39 is 6.10 Å². The molecule has 0 aliphatic carbocycles. The van der Waals surface area contributed by atoms with Crippen molar-refractivity contribution < 1.29 is 19.3 Å². The molecule has 5 heteroatoms. The third kappa shape index (κ3) is 2.83. The van der Waals surface area contributed by atoms with Gasteiger partial charge < -0.3 is 19.3 Å². The van der Waals surface area contributed by atoms with E-state index >= 15 is 0 Å². The summed E-state index contributed by atoms with van der Waals surface area (Å²) < 4.78 is 15.4. The molecule has 2 aromatic rings. The predicted octanol–water partition coefficient (Wildman–Crippen LogP) is 2.19. The highest BCUT2D eigenvalue weighted by Crippen LogP contribution is 2.32. The molecule has 0 radical (unpaired) electrons. The maximum Gasteiger partial charge on any atom is 0.212 e. The van der Waals surface area contributed by atoms with Gasteiger partial charge in [-0.05, 0) is 23.8 Å². The summed E-state index contributed by atoms with van der Waals surface area (Å²) in [6.07, 6.45) is 0.799. The van der Waals surface area contributed by atoms with Crippen molar-refractivity contribution in [3.8, 4) is 17.4 Å². The molecular weight excluding hydrogens is 258 g/mol. The number of benzene rings is 1. The number of rotatable bonds is 5. The van der Waals surface area contributed by atoms with E-state index in [4.69, 9.17) is 14.2 Å². The summed E-state index contributed by atoms with van der Waals surface area (Å²) in [6.45, 7) is 0. The van der Waals surface area contributed by atoms with Crippen molar-refractivity contribution in [2.45, 2.75) is 6.10 Å². The summed E-state index contributed by atoms with van der Waals surface area (Å²) in [6, 6.07) is 8.77. The number of hydrogen-bond donors (Lipinski definition) is 1. The fourth-order valence-corrected chi connectivity index (χ4v) is 1.89. The number of hydrogen-bond acceptors (Lipinski definition) is 5. The quantitative estimate of drug-likeness (QED) is 0.906. The number of pyridine rings is 1. The topological polar surface area (TPSA) is 60.8 Å². The fraction of sp³-hybridized carbons (Fsp3) is 0.267. The number of ether oxygens (including phenoxy) is 3. The van der Waals surface area contributed by atoms with Crippen molar-refractivity contribution in [1.82, 2.24) is 4.98 Å². The van der Waals surface area contributed by atoms with Gasteiger partial charge in [-0.1, -0.05) is 6.07 Å². The zero-order chi connectivity index (χ0) is 14.5. The predicted molar refractivity (Wildman–Crippen MR) is 74.4 cm³/mol. The van der Waals surface area contributed by atoms with E-state index in [0.717, 1.165) is 0 Å². The van der Waals surface area contributed by atoms with Gasteiger partial charge in [-0.2, -0.15) is 0 Å². The second kappa shape index (κ2) is 6.25. The zero-order valence-electron chi connectivity index (χ0n) is 11.7. The summed E-state index contributed by atoms with van der Waals surface area (Å²) in [7, 11) is 4.68. The van der Waals surface area contributed by atoms with Gasteiger partial charge >= 0.3 is 0 Å². The van der Waals surface area contributed by atoms with Crippen LogP contribution in [0, 0.1) is 0 Å². The first kappa shape index (κ1) is 14.1. The lowest BCUT2D eigenvalue weighted by molar-refractivity contribution is 0.218. The van der Waals surface area contributed by atoms with E-state index in [-0.39, 0.29) is 0 Å². The third-order valence-corrected chi connectivity index (χ3v) is 3.01. The lowest BCUT2D eigenvalue weighted by Gasteiger charge is -2.14. The molecule has 1 heterocycles. The average Bonchev–Trinajstić information content (AvgIpc) is 2.53. The Kier molecular flexibility index (Phi) is 4.42. The Bertz CT molecular complexity index is 569. The van der Waals surface area contributed by atoms with Crippen LogP contribution in [0.15, 0.2) is 36.5 Å². The van der Waals surface area contributed by atoms with Gasteiger partial charge in [-0.3, -0.25) is 0 Å². The van der Waals surface area contributed by atoms with Crippen LogP contribution in [0.1, 0.15) is 17.2 Å². The van der Waals surface area contributed by atoms with Crippen molar-refractivity contribution in [3.63, 3.8) is 0 Å². The molecule has 0 saturated heterocycles. The van der Waals surface area contributed by atoms with Crippen LogP contribution in [-0.4, -0.2) is 31.4 Å². The van der Waals surface area contributed by atoms with E-state index in [1.165, 1.54) is 0 Å². The molecule has 1 aromatic heterocycles. The molecule has 1 N–H and O–H groups in total. The van der Waals surface area contributed by atoms with Gasteiger partial charge in [0.25, 0.3) is 0 Å². The lowest BCUT2D eigenvalue weighted by atomic mass is 10.0. The first-order valence-corrected chi connectivity index (χ1v) is 6.09. The van der Waals surface area contributed by atoms with Crippen LogP contribution in [0.2, 0.25) is 0 Å². The number of methoxy groups -OCH3 is 3. The monoisotopic (exact) mass is 275 g/mol. The summed E-state index contributed by atoms with van der Waals surface area (Å²) in [4.78, 5) is 4.08. The van der Waals surface area contributed by atoms with E-state index in [9.17, 15) is 5.11 Å². The van der Waals surface area contributed by atoms with Crippen molar-refractivity contribution >= 4 is 0 Å². The molecule has 0 aliphatic rings. The molecule has 0 aliphatic heterocycles. The molecular formula is C15H17NO4. The Hall–Kier alpha value is -2.27. The van der Waals surface area contributed by atoms with E-state index in [2.05, 4.69) is 4.98 Å². The normalized spacial score (nSPS) is 11.8. The smallest absolute Gasteiger partial charge is 0.212 e. The minimum Gasteiger partial charge on any atom is -0.493 e. The highest BCUT2D eigenvalue weighted by molar-refractivity contribution is 5.45. The van der Waals surface area contributed by atoms with Gasteiger partial charge in [0.15, 0.2) is 11.5 Å². The van der Waals surface area contributed by atoms with Crippen LogP contribution in [-0.2, 0) is 0 Å². The maximum atomic E-state index is 10.4. The van der Waals surface area contributed by atoms with E-state index in [1.807, 2.05) is 0 Å². The first-order chi connectivity index (χ1) is 9.69. The molecule has 0 fully saturated rings. The van der Waals surface area contributed by atoms with Crippen LogP contribution in [0.3, 0.4) is 0 Å². The Morgan fingerprint density at radius 1 is 0.900 bits per heavy atom. The van der Waals surface area contributed by atoms with Crippen LogP contribution >= 0.6 is 0 Å². The van der Waals surface area contributed by atoms with Crippen LogP contribution in [0.5, 0.6) is 17.4 Å². The SMILES string of the molecule is COc1ccc(C(O)c2ccc(OC)c(OC)c2)cn1. The highest BCUT2D eigenvalue weighted by atomic mass is 16.5. The minimum atomic E-state index is -0.784. The Labute approximate surface area is 117 Å². The van der Waals surface area contributed by atoms with Gasteiger partial charge in [0, 0.05) is 17.8 Å². The minimum absolute atomic E-state index is 0.508. The summed E-state index contributed by atoms with van der Waals surface area (Å²) >= 11 is 0. The molecule has 0 spiro atoms. The number of nitrogens with zero attached hydrogens (tertiary/aromatic N) is 1. The second-order valence-electron chi connectivity index (χ2n) is 4.15. The summed E-state index contributed by atoms with van der Waals surface area (Å²) in [5, 5.41) is 10.4.